The Morgan fingerprint density at radius 3 is 2.47 bits per heavy atom. The zero-order chi connectivity index (χ0) is 11.5. The van der Waals surface area contributed by atoms with Crippen molar-refractivity contribution in [3.8, 4) is 22.9 Å². The van der Waals surface area contributed by atoms with E-state index in [0.717, 1.165) is 5.56 Å². The number of rotatable bonds is 2. The summed E-state index contributed by atoms with van der Waals surface area (Å²) in [5, 5.41) is 8.03. The van der Waals surface area contributed by atoms with Crippen molar-refractivity contribution in [2.45, 2.75) is 0 Å². The Hall–Kier alpha value is -2.56. The molecule has 5 heteroatoms. The molecule has 0 N–H and O–H groups in total. The van der Waals surface area contributed by atoms with Crippen molar-refractivity contribution >= 4 is 0 Å². The topological polar surface area (TPSA) is 65.7 Å². The van der Waals surface area contributed by atoms with Crippen LogP contribution in [0.2, 0.25) is 0 Å². The Kier molecular flexibility index (Phi) is 2.34. The van der Waals surface area contributed by atoms with Crippen molar-refractivity contribution < 1.29 is 0 Å². The fourth-order valence-corrected chi connectivity index (χ4v) is 1.47. The van der Waals surface area contributed by atoms with Crippen LogP contribution in [0.3, 0.4) is 0 Å². The Balaban J connectivity index is 1.99. The van der Waals surface area contributed by atoms with Crippen LogP contribution in [0.15, 0.2) is 48.9 Å². The summed E-state index contributed by atoms with van der Waals surface area (Å²) in [5.41, 5.74) is 1.57. The minimum Gasteiger partial charge on any atom is -0.355 e. The number of hydrogen-bond donors (Lipinski definition) is 0. The minimum atomic E-state index is 0.497. The first kappa shape index (κ1) is 9.65. The summed E-state index contributed by atoms with van der Waals surface area (Å²) >= 11 is 0. The average molecular weight is 222 g/mol. The van der Waals surface area contributed by atoms with Crippen LogP contribution >= 0.6 is 0 Å². The minimum absolute atomic E-state index is 0.497. The molecule has 0 aliphatic carbocycles. The Morgan fingerprint density at radius 1 is 0.882 bits per heavy atom. The lowest BCUT2D eigenvalue weighted by molar-refractivity contribution is 1.08. The van der Waals surface area contributed by atoms with Crippen molar-refractivity contribution in [1.82, 2.24) is 25.1 Å². The molecule has 0 atom stereocenters. The van der Waals surface area contributed by atoms with E-state index in [1.54, 1.807) is 18.6 Å². The lowest BCUT2D eigenvalue weighted by Gasteiger charge is -1.99. The van der Waals surface area contributed by atoms with Gasteiger partial charge in [-0.25, -0.2) is 0 Å². The van der Waals surface area contributed by atoms with Crippen LogP contribution in [0.25, 0.3) is 22.9 Å². The van der Waals surface area contributed by atoms with Crippen LogP contribution in [0.1, 0.15) is 0 Å². The van der Waals surface area contributed by atoms with Gasteiger partial charge in [-0.3, -0.25) is 9.97 Å². The van der Waals surface area contributed by atoms with Gasteiger partial charge in [-0.05, 0) is 5.56 Å². The maximum atomic E-state index is 4.33. The highest BCUT2D eigenvalue weighted by molar-refractivity contribution is 5.57. The average Bonchev–Trinajstić information content (AvgIpc) is 2.90. The van der Waals surface area contributed by atoms with E-state index in [9.17, 15) is 0 Å². The summed E-state index contributed by atoms with van der Waals surface area (Å²) in [4.78, 5) is 12.4. The van der Waals surface area contributed by atoms with Crippen LogP contribution in [0.5, 0.6) is 0 Å². The molecule has 0 aliphatic rings. The zero-order valence-electron chi connectivity index (χ0n) is 8.85. The van der Waals surface area contributed by atoms with E-state index in [2.05, 4.69) is 25.1 Å². The van der Waals surface area contributed by atoms with Gasteiger partial charge in [0.2, 0.25) is 0 Å². The molecule has 0 amide bonds. The Labute approximate surface area is 97.6 Å². The SMILES string of the molecule is c1ccc(-c2nnc(-c3cnccn3)[n-]2)cc1. The second-order valence-corrected chi connectivity index (χ2v) is 3.42. The first-order valence-corrected chi connectivity index (χ1v) is 5.13. The number of aromatic nitrogens is 5. The zero-order valence-corrected chi connectivity index (χ0v) is 8.85. The van der Waals surface area contributed by atoms with Gasteiger partial charge in [0, 0.05) is 24.0 Å². The van der Waals surface area contributed by atoms with Gasteiger partial charge in [0.25, 0.3) is 0 Å². The molecule has 82 valence electrons. The van der Waals surface area contributed by atoms with Crippen molar-refractivity contribution in [2.24, 2.45) is 0 Å². The van der Waals surface area contributed by atoms with Crippen molar-refractivity contribution in [1.29, 1.82) is 0 Å². The summed E-state index contributed by atoms with van der Waals surface area (Å²) < 4.78 is 0. The molecule has 3 rings (SSSR count). The molecular weight excluding hydrogens is 214 g/mol. The summed E-state index contributed by atoms with van der Waals surface area (Å²) in [6, 6.07) is 9.71. The molecule has 1 aromatic carbocycles. The molecule has 0 radical (unpaired) electrons. The molecule has 2 aromatic heterocycles. The summed E-state index contributed by atoms with van der Waals surface area (Å²) in [6.45, 7) is 0. The van der Waals surface area contributed by atoms with Gasteiger partial charge in [0.05, 0.1) is 11.9 Å². The Bertz CT molecular complexity index is 549. The molecule has 0 unspecified atom stereocenters. The van der Waals surface area contributed by atoms with Gasteiger partial charge in [-0.2, -0.15) is 0 Å². The number of hydrogen-bond acceptors (Lipinski definition) is 4. The molecule has 0 saturated carbocycles. The van der Waals surface area contributed by atoms with Crippen LogP contribution in [0, 0.1) is 0 Å². The fourth-order valence-electron chi connectivity index (χ4n) is 1.47. The molecule has 0 saturated heterocycles. The molecule has 0 fully saturated rings. The van der Waals surface area contributed by atoms with E-state index in [1.807, 2.05) is 30.3 Å². The monoisotopic (exact) mass is 222 g/mol. The lowest BCUT2D eigenvalue weighted by Crippen LogP contribution is -1.88. The summed E-state index contributed by atoms with van der Waals surface area (Å²) in [6.07, 6.45) is 4.83. The largest absolute Gasteiger partial charge is 0.355 e. The lowest BCUT2D eigenvalue weighted by atomic mass is 10.2. The van der Waals surface area contributed by atoms with Crippen molar-refractivity contribution in [3.05, 3.63) is 48.9 Å². The van der Waals surface area contributed by atoms with E-state index < -0.39 is 0 Å². The van der Waals surface area contributed by atoms with E-state index in [0.29, 0.717) is 17.3 Å². The Morgan fingerprint density at radius 2 is 1.71 bits per heavy atom. The first-order chi connectivity index (χ1) is 8.43. The van der Waals surface area contributed by atoms with Crippen LogP contribution in [-0.4, -0.2) is 20.2 Å². The quantitative estimate of drug-likeness (QED) is 0.658. The molecule has 3 aromatic rings. The molecule has 0 spiro atoms. The summed E-state index contributed by atoms with van der Waals surface area (Å²) in [5.74, 6) is 1.10. The van der Waals surface area contributed by atoms with E-state index in [1.165, 1.54) is 0 Å². The third-order valence-corrected chi connectivity index (χ3v) is 2.28. The molecule has 5 nitrogen and oxygen atoms in total. The van der Waals surface area contributed by atoms with Gasteiger partial charge in [0.1, 0.15) is 0 Å². The van der Waals surface area contributed by atoms with Crippen molar-refractivity contribution in [3.63, 3.8) is 0 Å². The highest BCUT2D eigenvalue weighted by Crippen LogP contribution is 2.16. The van der Waals surface area contributed by atoms with Gasteiger partial charge >= 0.3 is 0 Å². The maximum Gasteiger partial charge on any atom is 0.0940 e. The summed E-state index contributed by atoms with van der Waals surface area (Å²) in [7, 11) is 0. The molecular formula is C12H8N5-. The van der Waals surface area contributed by atoms with Gasteiger partial charge < -0.3 is 15.2 Å². The van der Waals surface area contributed by atoms with Crippen LogP contribution in [-0.2, 0) is 0 Å². The second kappa shape index (κ2) is 4.13. The highest BCUT2D eigenvalue weighted by Gasteiger charge is 1.98. The molecule has 2 heterocycles. The standard InChI is InChI=1S/C12H8N5/c1-2-4-9(5-3-1)11-15-12(17-16-11)10-8-13-6-7-14-10/h1-8H/q-1. The van der Waals surface area contributed by atoms with E-state index in [-0.39, 0.29) is 0 Å². The van der Waals surface area contributed by atoms with Crippen LogP contribution < -0.4 is 4.98 Å². The van der Waals surface area contributed by atoms with E-state index >= 15 is 0 Å². The molecule has 0 bridgehead atoms. The number of nitrogens with zero attached hydrogens (tertiary/aromatic N) is 5. The van der Waals surface area contributed by atoms with Crippen molar-refractivity contribution in [2.75, 3.05) is 0 Å². The third-order valence-electron chi connectivity index (χ3n) is 2.28. The maximum absolute atomic E-state index is 4.33. The predicted octanol–water partition coefficient (Wildman–Crippen LogP) is 1.56. The third kappa shape index (κ3) is 1.90. The number of benzene rings is 1. The molecule has 17 heavy (non-hydrogen) atoms. The van der Waals surface area contributed by atoms with Gasteiger partial charge in [0.15, 0.2) is 0 Å². The van der Waals surface area contributed by atoms with Gasteiger partial charge in [-0.1, -0.05) is 30.3 Å². The normalized spacial score (nSPS) is 10.4. The fraction of sp³-hybridized carbons (Fsp3) is 0. The second-order valence-electron chi connectivity index (χ2n) is 3.42. The van der Waals surface area contributed by atoms with Gasteiger partial charge in [-0.15, -0.1) is 0 Å². The smallest absolute Gasteiger partial charge is 0.0940 e. The van der Waals surface area contributed by atoms with Crippen LogP contribution in [0.4, 0.5) is 0 Å². The highest BCUT2D eigenvalue weighted by atomic mass is 15.2. The molecule has 0 aliphatic heterocycles. The first-order valence-electron chi connectivity index (χ1n) is 5.13. The predicted molar refractivity (Wildman–Crippen MR) is 61.8 cm³/mol. The van der Waals surface area contributed by atoms with E-state index in [4.69, 9.17) is 0 Å².